The van der Waals surface area contributed by atoms with Gasteiger partial charge in [0.1, 0.15) is 21.5 Å². The number of hydrogen-bond acceptors (Lipinski definition) is 8. The fraction of sp³-hybridized carbons (Fsp3) is 0.360. The number of sulfone groups is 1. The first-order chi connectivity index (χ1) is 16.7. The molecule has 0 amide bonds. The fourth-order valence-electron chi connectivity index (χ4n) is 4.63. The number of pyridine rings is 1. The molecule has 3 aromatic heterocycles. The van der Waals surface area contributed by atoms with Crippen molar-refractivity contribution < 1.29 is 8.42 Å². The zero-order valence-electron chi connectivity index (χ0n) is 20.3. The summed E-state index contributed by atoms with van der Waals surface area (Å²) in [4.78, 5) is 15.9. The summed E-state index contributed by atoms with van der Waals surface area (Å²) in [6.07, 6.45) is 8.53. The second kappa shape index (κ2) is 8.92. The maximum atomic E-state index is 11.7. The van der Waals surface area contributed by atoms with Crippen molar-refractivity contribution in [3.63, 3.8) is 0 Å². The van der Waals surface area contributed by atoms with Crippen LogP contribution in [-0.2, 0) is 16.9 Å². The molecule has 182 valence electrons. The summed E-state index contributed by atoms with van der Waals surface area (Å²) in [6, 6.07) is 8.18. The molecule has 1 aliphatic rings. The highest BCUT2D eigenvalue weighted by atomic mass is 32.2. The molecule has 9 nitrogen and oxygen atoms in total. The number of anilines is 3. The van der Waals surface area contributed by atoms with Crippen LogP contribution in [0.5, 0.6) is 0 Å². The molecule has 0 radical (unpaired) electrons. The van der Waals surface area contributed by atoms with Crippen LogP contribution in [0.25, 0.3) is 22.2 Å². The van der Waals surface area contributed by atoms with Gasteiger partial charge in [-0.2, -0.15) is 5.10 Å². The molecule has 0 aliphatic carbocycles. The Morgan fingerprint density at radius 2 is 1.89 bits per heavy atom. The Balaban J connectivity index is 1.44. The molecule has 5 rings (SSSR count). The Morgan fingerprint density at radius 1 is 1.09 bits per heavy atom. The third-order valence-corrected chi connectivity index (χ3v) is 7.32. The van der Waals surface area contributed by atoms with Crippen LogP contribution in [0.4, 0.5) is 17.3 Å². The maximum Gasteiger partial charge on any atom is 0.164 e. The molecule has 1 saturated heterocycles. The summed E-state index contributed by atoms with van der Waals surface area (Å²) >= 11 is 0. The molecule has 35 heavy (non-hydrogen) atoms. The Kier molecular flexibility index (Phi) is 5.92. The summed E-state index contributed by atoms with van der Waals surface area (Å²) < 4.78 is 25.0. The minimum absolute atomic E-state index is 0.172. The molecule has 1 fully saturated rings. The highest BCUT2D eigenvalue weighted by molar-refractivity contribution is 7.90. The first-order valence-corrected chi connectivity index (χ1v) is 13.7. The fourth-order valence-corrected chi connectivity index (χ4v) is 5.70. The molecule has 0 unspecified atom stereocenters. The molecular formula is C25H29N7O2S. The van der Waals surface area contributed by atoms with Gasteiger partial charge in [0.05, 0.1) is 17.5 Å². The first kappa shape index (κ1) is 23.2. The minimum Gasteiger partial charge on any atom is -0.370 e. The minimum atomic E-state index is -2.97. The number of nitrogens with one attached hydrogen (secondary N) is 1. The Hall–Kier alpha value is -3.53. The largest absolute Gasteiger partial charge is 0.370 e. The van der Waals surface area contributed by atoms with E-state index in [0.29, 0.717) is 23.4 Å². The van der Waals surface area contributed by atoms with Crippen molar-refractivity contribution in [3.8, 4) is 11.4 Å². The molecule has 0 bridgehead atoms. The van der Waals surface area contributed by atoms with Crippen LogP contribution in [-0.4, -0.2) is 58.2 Å². The summed E-state index contributed by atoms with van der Waals surface area (Å²) in [5, 5.41) is 9.71. The normalized spacial score (nSPS) is 14.5. The van der Waals surface area contributed by atoms with E-state index in [2.05, 4.69) is 62.3 Å². The number of nitrogens with zero attached hydrogens (tertiary/aromatic N) is 6. The quantitative estimate of drug-likeness (QED) is 0.416. The third kappa shape index (κ3) is 4.97. The Labute approximate surface area is 205 Å². The van der Waals surface area contributed by atoms with Gasteiger partial charge in [0.25, 0.3) is 0 Å². The van der Waals surface area contributed by atoms with Gasteiger partial charge >= 0.3 is 0 Å². The van der Waals surface area contributed by atoms with Gasteiger partial charge in [-0.3, -0.25) is 4.68 Å². The molecule has 4 aromatic rings. The number of fused-ring (bicyclic) bond motifs is 1. The van der Waals surface area contributed by atoms with E-state index in [1.54, 1.807) is 17.1 Å². The highest BCUT2D eigenvalue weighted by Gasteiger charge is 2.31. The third-order valence-electron chi connectivity index (χ3n) is 6.24. The van der Waals surface area contributed by atoms with Crippen LogP contribution in [0.1, 0.15) is 25.3 Å². The number of rotatable bonds is 7. The summed E-state index contributed by atoms with van der Waals surface area (Å²) in [5.74, 6) is 2.69. The second-order valence-corrected chi connectivity index (χ2v) is 11.8. The lowest BCUT2D eigenvalue weighted by atomic mass is 9.93. The molecule has 10 heteroatoms. The molecule has 0 spiro atoms. The van der Waals surface area contributed by atoms with Crippen molar-refractivity contribution in [3.05, 3.63) is 54.6 Å². The lowest BCUT2D eigenvalue weighted by Crippen LogP contribution is -2.49. The molecule has 4 heterocycles. The van der Waals surface area contributed by atoms with E-state index < -0.39 is 9.84 Å². The summed E-state index contributed by atoms with van der Waals surface area (Å²) in [7, 11) is -1.11. The van der Waals surface area contributed by atoms with Gasteiger partial charge in [-0.15, -0.1) is 0 Å². The van der Waals surface area contributed by atoms with Crippen molar-refractivity contribution in [1.82, 2.24) is 24.7 Å². The number of aromatic nitrogens is 5. The van der Waals surface area contributed by atoms with E-state index in [-0.39, 0.29) is 11.7 Å². The number of aryl methyl sites for hydroxylation is 1. The van der Waals surface area contributed by atoms with Crippen LogP contribution in [0.15, 0.2) is 49.1 Å². The lowest BCUT2D eigenvalue weighted by Gasteiger charge is -2.41. The van der Waals surface area contributed by atoms with Gasteiger partial charge in [-0.05, 0) is 35.1 Å². The van der Waals surface area contributed by atoms with Gasteiger partial charge < -0.3 is 10.2 Å². The van der Waals surface area contributed by atoms with Crippen molar-refractivity contribution in [2.45, 2.75) is 19.8 Å². The summed E-state index contributed by atoms with van der Waals surface area (Å²) in [5.41, 5.74) is 3.17. The van der Waals surface area contributed by atoms with Gasteiger partial charge in [0, 0.05) is 62.0 Å². The SMILES string of the molecule is CC(C)c1ccc(N2CC(CS(C)(=O)=O)C2)c2cnc(Nc3ccnc(-c4cnn(C)c4)n3)cc12. The highest BCUT2D eigenvalue weighted by Crippen LogP contribution is 2.37. The van der Waals surface area contributed by atoms with E-state index >= 15 is 0 Å². The topological polar surface area (TPSA) is 106 Å². The number of hydrogen-bond donors (Lipinski definition) is 1. The van der Waals surface area contributed by atoms with E-state index in [1.807, 2.05) is 25.5 Å². The van der Waals surface area contributed by atoms with Crippen LogP contribution >= 0.6 is 0 Å². The molecule has 0 atom stereocenters. The first-order valence-electron chi connectivity index (χ1n) is 11.6. The monoisotopic (exact) mass is 491 g/mol. The van der Waals surface area contributed by atoms with Crippen LogP contribution < -0.4 is 10.2 Å². The van der Waals surface area contributed by atoms with E-state index in [0.717, 1.165) is 35.1 Å². The van der Waals surface area contributed by atoms with Crippen molar-refractivity contribution in [2.75, 3.05) is 35.3 Å². The van der Waals surface area contributed by atoms with Gasteiger partial charge in [-0.1, -0.05) is 19.9 Å². The summed E-state index contributed by atoms with van der Waals surface area (Å²) in [6.45, 7) is 5.83. The van der Waals surface area contributed by atoms with Crippen LogP contribution in [0.3, 0.4) is 0 Å². The Bertz CT molecular complexity index is 1490. The zero-order chi connectivity index (χ0) is 24.7. The van der Waals surface area contributed by atoms with Gasteiger partial charge in [0.2, 0.25) is 0 Å². The standard InChI is InChI=1S/C25H29N7O2S/c1-16(2)19-5-6-22(32-12-17(13-32)15-35(4,33)34)21-11-27-24(9-20(19)21)29-23-7-8-26-25(30-23)18-10-28-31(3)14-18/h5-11,14,16-17H,12-13,15H2,1-4H3,(H,26,27,29,30). The van der Waals surface area contributed by atoms with E-state index in [9.17, 15) is 8.42 Å². The van der Waals surface area contributed by atoms with E-state index in [1.165, 1.54) is 11.8 Å². The molecular weight excluding hydrogens is 462 g/mol. The average Bonchev–Trinajstić information content (AvgIpc) is 3.21. The molecule has 1 aliphatic heterocycles. The van der Waals surface area contributed by atoms with Crippen molar-refractivity contribution in [2.24, 2.45) is 13.0 Å². The molecule has 0 saturated carbocycles. The maximum absolute atomic E-state index is 11.7. The van der Waals surface area contributed by atoms with E-state index in [4.69, 9.17) is 0 Å². The molecule has 1 aromatic carbocycles. The zero-order valence-corrected chi connectivity index (χ0v) is 21.1. The van der Waals surface area contributed by atoms with Gasteiger partial charge in [-0.25, -0.2) is 23.4 Å². The van der Waals surface area contributed by atoms with Crippen LogP contribution in [0.2, 0.25) is 0 Å². The average molecular weight is 492 g/mol. The van der Waals surface area contributed by atoms with Crippen LogP contribution in [0, 0.1) is 5.92 Å². The Morgan fingerprint density at radius 3 is 2.57 bits per heavy atom. The number of benzene rings is 1. The predicted octanol–water partition coefficient (Wildman–Crippen LogP) is 3.77. The van der Waals surface area contributed by atoms with Crippen molar-refractivity contribution in [1.29, 1.82) is 0 Å². The predicted molar refractivity (Wildman–Crippen MR) is 139 cm³/mol. The lowest BCUT2D eigenvalue weighted by molar-refractivity contribution is 0.445. The molecule has 1 N–H and O–H groups in total. The van der Waals surface area contributed by atoms with Gasteiger partial charge in [0.15, 0.2) is 5.82 Å². The second-order valence-electron chi connectivity index (χ2n) is 9.60. The smallest absolute Gasteiger partial charge is 0.164 e. The van der Waals surface area contributed by atoms with Crippen molar-refractivity contribution >= 4 is 37.9 Å².